The maximum Gasteiger partial charge on any atom is 0.333 e. The Labute approximate surface area is 89.4 Å². The van der Waals surface area contributed by atoms with Gasteiger partial charge in [0.1, 0.15) is 4.90 Å². The highest BCUT2D eigenvalue weighted by Gasteiger charge is 2.19. The molecule has 0 aliphatic heterocycles. The lowest BCUT2D eigenvalue weighted by atomic mass is 10.4. The van der Waals surface area contributed by atoms with E-state index in [2.05, 4.69) is 0 Å². The first kappa shape index (κ1) is 11.0. The minimum Gasteiger partial charge on any atom is -0.189 e. The molecule has 0 radical (unpaired) electrons. The SMILES string of the molecule is O=S(=O)(F)c1ccc(Cl)c(Cl)c1Cl. The van der Waals surface area contributed by atoms with Gasteiger partial charge >= 0.3 is 10.2 Å². The first-order chi connectivity index (χ1) is 5.84. The summed E-state index contributed by atoms with van der Waals surface area (Å²) < 4.78 is 33.4. The fourth-order valence-electron chi connectivity index (χ4n) is 0.696. The van der Waals surface area contributed by atoms with Crippen LogP contribution in [0.3, 0.4) is 0 Å². The van der Waals surface area contributed by atoms with E-state index in [1.165, 1.54) is 0 Å². The van der Waals surface area contributed by atoms with Crippen molar-refractivity contribution < 1.29 is 12.3 Å². The summed E-state index contributed by atoms with van der Waals surface area (Å²) in [5.41, 5.74) is 0. The molecule has 0 amide bonds. The lowest BCUT2D eigenvalue weighted by Crippen LogP contribution is -1.93. The molecular weight excluding hydrogens is 261 g/mol. The Morgan fingerprint density at radius 2 is 1.62 bits per heavy atom. The van der Waals surface area contributed by atoms with Gasteiger partial charge in [-0.3, -0.25) is 0 Å². The normalized spacial score (nSPS) is 11.7. The fraction of sp³-hybridized carbons (Fsp3) is 0. The first-order valence-corrected chi connectivity index (χ1v) is 5.44. The van der Waals surface area contributed by atoms with Crippen LogP contribution in [0.25, 0.3) is 0 Å². The van der Waals surface area contributed by atoms with Crippen molar-refractivity contribution in [3.8, 4) is 0 Å². The highest BCUT2D eigenvalue weighted by molar-refractivity contribution is 7.86. The summed E-state index contributed by atoms with van der Waals surface area (Å²) in [4.78, 5) is -0.677. The van der Waals surface area contributed by atoms with Crippen LogP contribution in [0.2, 0.25) is 15.1 Å². The summed E-state index contributed by atoms with van der Waals surface area (Å²) in [5.74, 6) is 0. The van der Waals surface area contributed by atoms with Crippen LogP contribution in [0, 0.1) is 0 Å². The lowest BCUT2D eigenvalue weighted by molar-refractivity contribution is 0.552. The number of hydrogen-bond acceptors (Lipinski definition) is 2. The van der Waals surface area contributed by atoms with Crippen molar-refractivity contribution in [2.45, 2.75) is 4.90 Å². The number of hydrogen-bond donors (Lipinski definition) is 0. The van der Waals surface area contributed by atoms with Gasteiger partial charge in [0.2, 0.25) is 0 Å². The van der Waals surface area contributed by atoms with E-state index in [1.807, 2.05) is 0 Å². The molecule has 0 spiro atoms. The molecule has 0 atom stereocenters. The summed E-state index contributed by atoms with van der Waals surface area (Å²) in [6, 6.07) is 2.11. The van der Waals surface area contributed by atoms with Crippen LogP contribution in [0.15, 0.2) is 17.0 Å². The minimum absolute atomic E-state index is 0.0686. The van der Waals surface area contributed by atoms with Crippen molar-refractivity contribution in [2.75, 3.05) is 0 Å². The maximum absolute atomic E-state index is 12.5. The van der Waals surface area contributed by atoms with Gasteiger partial charge < -0.3 is 0 Å². The van der Waals surface area contributed by atoms with Crippen LogP contribution in [0.5, 0.6) is 0 Å². The molecule has 1 rings (SSSR count). The molecule has 0 fully saturated rings. The van der Waals surface area contributed by atoms with Crippen LogP contribution in [0.4, 0.5) is 3.89 Å². The Balaban J connectivity index is 3.53. The van der Waals surface area contributed by atoms with E-state index in [9.17, 15) is 12.3 Å². The van der Waals surface area contributed by atoms with Gasteiger partial charge in [-0.1, -0.05) is 34.8 Å². The van der Waals surface area contributed by atoms with Gasteiger partial charge in [0.15, 0.2) is 0 Å². The third-order valence-corrected chi connectivity index (χ3v) is 3.53. The van der Waals surface area contributed by atoms with E-state index in [1.54, 1.807) is 0 Å². The second-order valence-electron chi connectivity index (χ2n) is 2.11. The van der Waals surface area contributed by atoms with Crippen molar-refractivity contribution in [1.82, 2.24) is 0 Å². The molecule has 7 heteroatoms. The van der Waals surface area contributed by atoms with Crippen LogP contribution in [0.1, 0.15) is 0 Å². The zero-order valence-corrected chi connectivity index (χ0v) is 8.98. The molecule has 0 unspecified atom stereocenters. The van der Waals surface area contributed by atoms with Crippen molar-refractivity contribution in [3.63, 3.8) is 0 Å². The topological polar surface area (TPSA) is 34.1 Å². The predicted molar refractivity (Wildman–Crippen MR) is 49.8 cm³/mol. The Bertz CT molecular complexity index is 443. The summed E-state index contributed by atoms with van der Waals surface area (Å²) in [6.07, 6.45) is 0. The monoisotopic (exact) mass is 262 g/mol. The number of halogens is 4. The van der Waals surface area contributed by atoms with Crippen molar-refractivity contribution >= 4 is 45.0 Å². The third-order valence-electron chi connectivity index (χ3n) is 1.26. The first-order valence-electron chi connectivity index (χ1n) is 2.92. The minimum atomic E-state index is -4.85. The van der Waals surface area contributed by atoms with Gasteiger partial charge in [0.25, 0.3) is 0 Å². The van der Waals surface area contributed by atoms with Gasteiger partial charge in [-0.25, -0.2) is 0 Å². The molecule has 0 saturated carbocycles. The molecule has 0 saturated heterocycles. The Hall–Kier alpha value is -0.0300. The molecular formula is C6H2Cl3FO2S. The van der Waals surface area contributed by atoms with E-state index < -0.39 is 20.1 Å². The summed E-state index contributed by atoms with van der Waals surface area (Å²) in [5, 5.41) is -0.516. The lowest BCUT2D eigenvalue weighted by Gasteiger charge is -2.02. The molecule has 2 nitrogen and oxygen atoms in total. The highest BCUT2D eigenvalue weighted by atomic mass is 35.5. The molecule has 0 N–H and O–H groups in total. The Morgan fingerprint density at radius 1 is 1.08 bits per heavy atom. The molecule has 0 aliphatic rings. The van der Waals surface area contributed by atoms with E-state index >= 15 is 0 Å². The van der Waals surface area contributed by atoms with Crippen LogP contribution in [-0.2, 0) is 10.2 Å². The number of benzene rings is 1. The van der Waals surface area contributed by atoms with Crippen LogP contribution < -0.4 is 0 Å². The molecule has 13 heavy (non-hydrogen) atoms. The van der Waals surface area contributed by atoms with Gasteiger partial charge in [-0.2, -0.15) is 8.42 Å². The summed E-state index contributed by atoms with van der Waals surface area (Å²) in [7, 11) is -4.85. The van der Waals surface area contributed by atoms with Crippen molar-refractivity contribution in [3.05, 3.63) is 27.2 Å². The molecule has 0 heterocycles. The standard InChI is InChI=1S/C6H2Cl3FO2S/c7-3-1-2-4(13(10,11)12)6(9)5(3)8/h1-2H. The van der Waals surface area contributed by atoms with Gasteiger partial charge in [0, 0.05) is 0 Å². The van der Waals surface area contributed by atoms with Crippen LogP contribution in [-0.4, -0.2) is 8.42 Å². The smallest absolute Gasteiger partial charge is 0.189 e. The average Bonchev–Trinajstić information content (AvgIpc) is 1.98. The second-order valence-corrected chi connectivity index (χ2v) is 4.59. The largest absolute Gasteiger partial charge is 0.333 e. The molecule has 1 aromatic carbocycles. The van der Waals surface area contributed by atoms with Crippen molar-refractivity contribution in [1.29, 1.82) is 0 Å². The highest BCUT2D eigenvalue weighted by Crippen LogP contribution is 2.35. The molecule has 0 aromatic heterocycles. The van der Waals surface area contributed by atoms with E-state index in [0.717, 1.165) is 12.1 Å². The van der Waals surface area contributed by atoms with E-state index in [0.29, 0.717) is 0 Å². The maximum atomic E-state index is 12.5. The molecule has 0 aliphatic carbocycles. The summed E-state index contributed by atoms with van der Waals surface area (Å²) >= 11 is 16.4. The Kier molecular flexibility index (Phi) is 3.07. The number of rotatable bonds is 1. The molecule has 72 valence electrons. The Morgan fingerprint density at radius 3 is 2.08 bits per heavy atom. The average molecular weight is 264 g/mol. The van der Waals surface area contributed by atoms with Crippen molar-refractivity contribution in [2.24, 2.45) is 0 Å². The summed E-state index contributed by atoms with van der Waals surface area (Å²) in [6.45, 7) is 0. The third kappa shape index (κ3) is 2.26. The predicted octanol–water partition coefficient (Wildman–Crippen LogP) is 3.31. The van der Waals surface area contributed by atoms with Gasteiger partial charge in [0.05, 0.1) is 15.1 Å². The quantitative estimate of drug-likeness (QED) is 0.575. The zero-order chi connectivity index (χ0) is 10.2. The van der Waals surface area contributed by atoms with Crippen LogP contribution >= 0.6 is 34.8 Å². The molecule has 0 bridgehead atoms. The van der Waals surface area contributed by atoms with E-state index in [4.69, 9.17) is 34.8 Å². The zero-order valence-electron chi connectivity index (χ0n) is 5.89. The fourth-order valence-corrected chi connectivity index (χ4v) is 2.11. The van der Waals surface area contributed by atoms with Gasteiger partial charge in [-0.05, 0) is 12.1 Å². The second kappa shape index (κ2) is 3.61. The van der Waals surface area contributed by atoms with E-state index in [-0.39, 0.29) is 10.0 Å². The van der Waals surface area contributed by atoms with Gasteiger partial charge in [-0.15, -0.1) is 3.89 Å². The molecule has 1 aromatic rings.